The van der Waals surface area contributed by atoms with Crippen LogP contribution in [-0.2, 0) is 4.74 Å². The second-order valence-corrected chi connectivity index (χ2v) is 10.6. The summed E-state index contributed by atoms with van der Waals surface area (Å²) in [4.78, 5) is 24.8. The zero-order valence-electron chi connectivity index (χ0n) is 22.7. The largest absolute Gasteiger partial charge is 0.487 e. The van der Waals surface area contributed by atoms with Crippen LogP contribution in [0.25, 0.3) is 11.3 Å². The lowest BCUT2D eigenvalue weighted by Gasteiger charge is -2.48. The third-order valence-electron chi connectivity index (χ3n) is 7.64. The normalized spacial score (nSPS) is 20.9. The predicted octanol–water partition coefficient (Wildman–Crippen LogP) is 3.07. The Balaban J connectivity index is 1.21. The van der Waals surface area contributed by atoms with Gasteiger partial charge >= 0.3 is 0 Å². The quantitative estimate of drug-likeness (QED) is 0.430. The minimum absolute atomic E-state index is 0.0433. The molecular formula is C30H31FN6O4. The summed E-state index contributed by atoms with van der Waals surface area (Å²) in [6.45, 7) is 5.42. The number of anilines is 1. The van der Waals surface area contributed by atoms with E-state index < -0.39 is 11.4 Å². The highest BCUT2D eigenvalue weighted by molar-refractivity contribution is 5.99. The predicted molar refractivity (Wildman–Crippen MR) is 148 cm³/mol. The van der Waals surface area contributed by atoms with Crippen molar-refractivity contribution in [3.8, 4) is 29.0 Å². The number of nitrogens with zero attached hydrogens (tertiary/aromatic N) is 4. The molecule has 41 heavy (non-hydrogen) atoms. The van der Waals surface area contributed by atoms with Gasteiger partial charge in [-0.2, -0.15) is 5.26 Å². The number of halogens is 1. The first-order chi connectivity index (χ1) is 20.0. The van der Waals surface area contributed by atoms with Gasteiger partial charge in [0.1, 0.15) is 29.3 Å². The van der Waals surface area contributed by atoms with Gasteiger partial charge in [0.25, 0.3) is 5.91 Å². The summed E-state index contributed by atoms with van der Waals surface area (Å²) in [7, 11) is 0. The van der Waals surface area contributed by atoms with Gasteiger partial charge in [0.2, 0.25) is 5.88 Å². The number of aromatic nitrogens is 2. The summed E-state index contributed by atoms with van der Waals surface area (Å²) >= 11 is 0. The minimum atomic E-state index is -0.482. The number of hydrogen-bond donors (Lipinski definition) is 2. The molecule has 0 aliphatic carbocycles. The molecule has 3 aliphatic rings. The van der Waals surface area contributed by atoms with Crippen LogP contribution in [0, 0.1) is 17.1 Å². The first kappa shape index (κ1) is 26.9. The monoisotopic (exact) mass is 558 g/mol. The number of nitriles is 1. The van der Waals surface area contributed by atoms with Crippen LogP contribution in [0.4, 0.5) is 10.1 Å². The number of pyridine rings is 2. The fourth-order valence-corrected chi connectivity index (χ4v) is 5.68. The average molecular weight is 559 g/mol. The molecule has 3 fully saturated rings. The molecule has 3 aromatic rings. The van der Waals surface area contributed by atoms with Crippen LogP contribution in [0.15, 0.2) is 48.7 Å². The van der Waals surface area contributed by atoms with Gasteiger partial charge in [0.15, 0.2) is 5.69 Å². The van der Waals surface area contributed by atoms with Gasteiger partial charge in [-0.25, -0.2) is 14.4 Å². The second kappa shape index (κ2) is 11.3. The topological polar surface area (TPSA) is 122 Å². The van der Waals surface area contributed by atoms with E-state index in [9.17, 15) is 14.4 Å². The highest BCUT2D eigenvalue weighted by atomic mass is 19.1. The van der Waals surface area contributed by atoms with Crippen molar-refractivity contribution in [3.63, 3.8) is 0 Å². The van der Waals surface area contributed by atoms with E-state index in [1.165, 1.54) is 18.2 Å². The van der Waals surface area contributed by atoms with Gasteiger partial charge in [-0.1, -0.05) is 0 Å². The molecule has 6 rings (SSSR count). The Morgan fingerprint density at radius 2 is 2.20 bits per heavy atom. The molecule has 1 spiro atoms. The van der Waals surface area contributed by atoms with Crippen LogP contribution in [-0.4, -0.2) is 73.0 Å². The molecule has 2 unspecified atom stereocenters. The molecule has 11 heteroatoms. The van der Waals surface area contributed by atoms with Crippen LogP contribution in [0.2, 0.25) is 0 Å². The Bertz CT molecular complexity index is 1480. The maximum absolute atomic E-state index is 13.5. The average Bonchev–Trinajstić information content (AvgIpc) is 3.64. The van der Waals surface area contributed by atoms with Crippen LogP contribution in [0.5, 0.6) is 11.6 Å². The zero-order chi connectivity index (χ0) is 28.4. The summed E-state index contributed by atoms with van der Waals surface area (Å²) in [6.07, 6.45) is 2.87. The zero-order valence-corrected chi connectivity index (χ0v) is 22.7. The summed E-state index contributed by atoms with van der Waals surface area (Å²) < 4.78 is 31.4. The van der Waals surface area contributed by atoms with Gasteiger partial charge in [-0.05, 0) is 62.4 Å². The molecule has 0 bridgehead atoms. The van der Waals surface area contributed by atoms with Crippen molar-refractivity contribution in [1.29, 1.82) is 5.26 Å². The van der Waals surface area contributed by atoms with Crippen LogP contribution in [0.3, 0.4) is 0 Å². The molecule has 1 amide bonds. The molecule has 2 N–H and O–H groups in total. The van der Waals surface area contributed by atoms with Crippen molar-refractivity contribution in [1.82, 2.24) is 20.6 Å². The Labute approximate surface area is 237 Å². The molecule has 1 aromatic carbocycles. The molecule has 5 heterocycles. The van der Waals surface area contributed by atoms with Crippen molar-refractivity contribution in [2.45, 2.75) is 37.5 Å². The van der Waals surface area contributed by atoms with Gasteiger partial charge in [0, 0.05) is 38.3 Å². The Kier molecular flexibility index (Phi) is 7.43. The molecule has 3 aliphatic heterocycles. The van der Waals surface area contributed by atoms with E-state index in [2.05, 4.69) is 20.5 Å². The van der Waals surface area contributed by atoms with Crippen LogP contribution < -0.4 is 25.0 Å². The second-order valence-electron chi connectivity index (χ2n) is 10.6. The van der Waals surface area contributed by atoms with E-state index in [4.69, 9.17) is 19.2 Å². The van der Waals surface area contributed by atoms with E-state index >= 15 is 0 Å². The fourth-order valence-electron chi connectivity index (χ4n) is 5.68. The Hall–Kier alpha value is -4.27. The van der Waals surface area contributed by atoms with Crippen molar-refractivity contribution >= 4 is 11.6 Å². The number of benzene rings is 1. The van der Waals surface area contributed by atoms with Crippen molar-refractivity contribution in [2.24, 2.45) is 0 Å². The number of carbonyl (C=O) groups excluding carboxylic acids is 1. The molecule has 212 valence electrons. The molecule has 10 nitrogen and oxygen atoms in total. The first-order valence-corrected chi connectivity index (χ1v) is 13.8. The van der Waals surface area contributed by atoms with Crippen molar-refractivity contribution < 1.29 is 23.4 Å². The van der Waals surface area contributed by atoms with Gasteiger partial charge < -0.3 is 29.7 Å². The minimum Gasteiger partial charge on any atom is -0.487 e. The molecule has 2 atom stereocenters. The number of ether oxygens (including phenoxy) is 3. The Morgan fingerprint density at radius 3 is 2.98 bits per heavy atom. The van der Waals surface area contributed by atoms with Gasteiger partial charge in [0.05, 0.1) is 35.7 Å². The van der Waals surface area contributed by atoms with Crippen molar-refractivity contribution in [3.05, 3.63) is 65.7 Å². The van der Waals surface area contributed by atoms with Crippen molar-refractivity contribution in [2.75, 3.05) is 44.3 Å². The van der Waals surface area contributed by atoms with Gasteiger partial charge in [-0.15, -0.1) is 0 Å². The summed E-state index contributed by atoms with van der Waals surface area (Å²) in [5.41, 5.74) is 2.10. The molecule has 2 aromatic heterocycles. The lowest BCUT2D eigenvalue weighted by Crippen LogP contribution is -2.62. The number of carbonyl (C=O) groups is 1. The smallest absolute Gasteiger partial charge is 0.272 e. The fraction of sp³-hybridized carbons (Fsp3) is 0.400. The standard InChI is InChI=1S/C30H31FN6O4/c1-2-39-29-23(4-3-10-34-29)24-6-7-25(27(36-24)28(38)35-21-9-11-33-15-21)37-17-30(18-37)13-22(16-40-30)41-26-8-5-20(31)12-19(26)14-32/h3-8,10,12,21-22,33H,2,9,11,13,15-18H2,1H3,(H,35,38). The number of hydrogen-bond acceptors (Lipinski definition) is 9. The van der Waals surface area contributed by atoms with Gasteiger partial charge in [-0.3, -0.25) is 4.79 Å². The van der Waals surface area contributed by atoms with E-state index in [0.29, 0.717) is 61.3 Å². The molecule has 3 saturated heterocycles. The number of nitrogens with one attached hydrogen (secondary N) is 2. The first-order valence-electron chi connectivity index (χ1n) is 13.8. The highest BCUT2D eigenvalue weighted by Crippen LogP contribution is 2.41. The third kappa shape index (κ3) is 5.53. The van der Waals surface area contributed by atoms with Crippen LogP contribution >= 0.6 is 0 Å². The summed E-state index contributed by atoms with van der Waals surface area (Å²) in [5.74, 6) is 0.101. The molecular weight excluding hydrogens is 527 g/mol. The summed E-state index contributed by atoms with van der Waals surface area (Å²) in [5, 5.41) is 15.7. The number of amides is 1. The van der Waals surface area contributed by atoms with Crippen LogP contribution in [0.1, 0.15) is 35.8 Å². The summed E-state index contributed by atoms with van der Waals surface area (Å²) in [6, 6.07) is 13.4. The third-order valence-corrected chi connectivity index (χ3v) is 7.64. The molecule has 0 radical (unpaired) electrons. The maximum Gasteiger partial charge on any atom is 0.272 e. The lowest BCUT2D eigenvalue weighted by molar-refractivity contribution is -0.0196. The lowest BCUT2D eigenvalue weighted by atomic mass is 9.89. The van der Waals surface area contributed by atoms with E-state index in [0.717, 1.165) is 25.2 Å². The maximum atomic E-state index is 13.5. The Morgan fingerprint density at radius 1 is 1.32 bits per heavy atom. The highest BCUT2D eigenvalue weighted by Gasteiger charge is 2.51. The SMILES string of the molecule is CCOc1ncccc1-c1ccc(N2CC3(CC(Oc4ccc(F)cc4C#N)CO3)C2)c(C(=O)NC2CCNC2)n1. The molecule has 0 saturated carbocycles. The van der Waals surface area contributed by atoms with E-state index in [-0.39, 0.29) is 23.6 Å². The van der Waals surface area contributed by atoms with E-state index in [1.807, 2.05) is 37.3 Å². The van der Waals surface area contributed by atoms with E-state index in [1.54, 1.807) is 6.20 Å². The number of rotatable bonds is 8.